The predicted molar refractivity (Wildman–Crippen MR) is 53.9 cm³/mol. The van der Waals surface area contributed by atoms with Crippen LogP contribution in [0.1, 0.15) is 15.9 Å². The maximum atomic E-state index is 11.0. The molecule has 0 aliphatic carbocycles. The third-order valence-electron chi connectivity index (χ3n) is 1.73. The number of carbonyl (C=O) groups excluding carboxylic acids is 1. The molecule has 0 bridgehead atoms. The van der Waals surface area contributed by atoms with E-state index in [-0.39, 0.29) is 0 Å². The lowest BCUT2D eigenvalue weighted by Gasteiger charge is -2.08. The van der Waals surface area contributed by atoms with Crippen molar-refractivity contribution in [3.63, 3.8) is 0 Å². The molecule has 0 atom stereocenters. The molecule has 0 spiro atoms. The first-order valence-electron chi connectivity index (χ1n) is 3.70. The number of benzene rings is 1. The van der Waals surface area contributed by atoms with E-state index in [1.54, 1.807) is 6.07 Å². The Hall–Kier alpha value is -1.03. The third kappa shape index (κ3) is 2.01. The molecule has 0 heterocycles. The van der Waals surface area contributed by atoms with Gasteiger partial charge in [0, 0.05) is 4.47 Å². The molecule has 1 rings (SSSR count). The van der Waals surface area contributed by atoms with Crippen LogP contribution in [0.2, 0.25) is 0 Å². The lowest BCUT2D eigenvalue weighted by atomic mass is 10.1. The van der Waals surface area contributed by atoms with E-state index in [4.69, 9.17) is 10.5 Å². The topological polar surface area (TPSA) is 52.3 Å². The fourth-order valence-corrected chi connectivity index (χ4v) is 1.74. The molecule has 0 radical (unpaired) electrons. The van der Waals surface area contributed by atoms with E-state index in [1.807, 2.05) is 13.0 Å². The molecule has 0 aromatic heterocycles. The van der Waals surface area contributed by atoms with Gasteiger partial charge in [-0.25, -0.2) is 0 Å². The molecule has 70 valence electrons. The zero-order valence-corrected chi connectivity index (χ0v) is 9.01. The summed E-state index contributed by atoms with van der Waals surface area (Å²) in [4.78, 5) is 11.0. The van der Waals surface area contributed by atoms with Crippen LogP contribution in [0.5, 0.6) is 5.75 Å². The number of ether oxygens (including phenoxy) is 1. The molecule has 0 saturated carbocycles. The van der Waals surface area contributed by atoms with Crippen LogP contribution < -0.4 is 10.5 Å². The number of hydrogen-bond donors (Lipinski definition) is 1. The van der Waals surface area contributed by atoms with Gasteiger partial charge in [-0.3, -0.25) is 4.79 Å². The van der Waals surface area contributed by atoms with Gasteiger partial charge in [0.1, 0.15) is 5.75 Å². The molecule has 13 heavy (non-hydrogen) atoms. The minimum atomic E-state index is -0.471. The molecule has 2 N–H and O–H groups in total. The second-order valence-corrected chi connectivity index (χ2v) is 3.58. The smallest absolute Gasteiger partial charge is 0.252 e. The van der Waals surface area contributed by atoms with E-state index in [0.717, 1.165) is 10.0 Å². The molecular weight excluding hydrogens is 234 g/mol. The number of rotatable bonds is 2. The SMILES string of the molecule is COc1cc(Br)cc(C)c1C(N)=O. The fraction of sp³-hybridized carbons (Fsp3) is 0.222. The first kappa shape index (κ1) is 10.1. The molecule has 1 aromatic carbocycles. The summed E-state index contributed by atoms with van der Waals surface area (Å²) >= 11 is 3.30. The Kier molecular flexibility index (Phi) is 2.93. The Labute approximate surface area is 85.0 Å². The van der Waals surface area contributed by atoms with Crippen molar-refractivity contribution in [1.29, 1.82) is 0 Å². The summed E-state index contributed by atoms with van der Waals surface area (Å²) < 4.78 is 5.90. The third-order valence-corrected chi connectivity index (χ3v) is 2.19. The Balaban J connectivity index is 3.38. The highest BCUT2D eigenvalue weighted by atomic mass is 79.9. The lowest BCUT2D eigenvalue weighted by molar-refractivity contribution is 0.0997. The van der Waals surface area contributed by atoms with Crippen molar-refractivity contribution in [3.05, 3.63) is 27.7 Å². The van der Waals surface area contributed by atoms with E-state index >= 15 is 0 Å². The van der Waals surface area contributed by atoms with Crippen molar-refractivity contribution in [2.45, 2.75) is 6.92 Å². The molecule has 4 heteroatoms. The maximum Gasteiger partial charge on any atom is 0.252 e. The van der Waals surface area contributed by atoms with Crippen molar-refractivity contribution < 1.29 is 9.53 Å². The van der Waals surface area contributed by atoms with Gasteiger partial charge in [-0.2, -0.15) is 0 Å². The standard InChI is InChI=1S/C9H10BrNO2/c1-5-3-6(10)4-7(13-2)8(5)9(11)12/h3-4H,1-2H3,(H2,11,12). The zero-order chi connectivity index (χ0) is 10.0. The van der Waals surface area contributed by atoms with Gasteiger partial charge in [0.25, 0.3) is 5.91 Å². The lowest BCUT2D eigenvalue weighted by Crippen LogP contribution is -2.14. The average Bonchev–Trinajstić information content (AvgIpc) is 2.01. The minimum Gasteiger partial charge on any atom is -0.496 e. The van der Waals surface area contributed by atoms with Gasteiger partial charge >= 0.3 is 0 Å². The van der Waals surface area contributed by atoms with E-state index in [1.165, 1.54) is 7.11 Å². The number of amides is 1. The largest absolute Gasteiger partial charge is 0.496 e. The number of methoxy groups -OCH3 is 1. The monoisotopic (exact) mass is 243 g/mol. The zero-order valence-electron chi connectivity index (χ0n) is 7.43. The van der Waals surface area contributed by atoms with Crippen molar-refractivity contribution >= 4 is 21.8 Å². The first-order chi connectivity index (χ1) is 6.06. The first-order valence-corrected chi connectivity index (χ1v) is 4.49. The number of primary amides is 1. The van der Waals surface area contributed by atoms with Crippen LogP contribution in [0.4, 0.5) is 0 Å². The molecule has 0 fully saturated rings. The maximum absolute atomic E-state index is 11.0. The van der Waals surface area contributed by atoms with Crippen LogP contribution in [-0.2, 0) is 0 Å². The Morgan fingerprint density at radius 3 is 2.62 bits per heavy atom. The summed E-state index contributed by atoms with van der Waals surface area (Å²) in [6.07, 6.45) is 0. The normalized spacial score (nSPS) is 9.77. The van der Waals surface area contributed by atoms with Crippen molar-refractivity contribution in [1.82, 2.24) is 0 Å². The molecule has 1 amide bonds. The second kappa shape index (κ2) is 3.79. The van der Waals surface area contributed by atoms with Gasteiger partial charge in [-0.1, -0.05) is 15.9 Å². The molecule has 0 aliphatic heterocycles. The van der Waals surface area contributed by atoms with Gasteiger partial charge in [0.05, 0.1) is 12.7 Å². The highest BCUT2D eigenvalue weighted by molar-refractivity contribution is 9.10. The van der Waals surface area contributed by atoms with Crippen LogP contribution in [0, 0.1) is 6.92 Å². The Morgan fingerprint density at radius 1 is 1.54 bits per heavy atom. The number of nitrogens with two attached hydrogens (primary N) is 1. The Morgan fingerprint density at radius 2 is 2.15 bits per heavy atom. The van der Waals surface area contributed by atoms with E-state index in [2.05, 4.69) is 15.9 Å². The molecule has 1 aromatic rings. The highest BCUT2D eigenvalue weighted by Crippen LogP contribution is 2.26. The van der Waals surface area contributed by atoms with Gasteiger partial charge in [-0.05, 0) is 24.6 Å². The highest BCUT2D eigenvalue weighted by Gasteiger charge is 2.12. The molecule has 3 nitrogen and oxygen atoms in total. The van der Waals surface area contributed by atoms with E-state index in [9.17, 15) is 4.79 Å². The number of aryl methyl sites for hydroxylation is 1. The van der Waals surface area contributed by atoms with E-state index in [0.29, 0.717) is 11.3 Å². The number of carbonyl (C=O) groups is 1. The fourth-order valence-electron chi connectivity index (χ4n) is 1.19. The number of halogens is 1. The summed E-state index contributed by atoms with van der Waals surface area (Å²) in [6.45, 7) is 1.81. The molecule has 0 aliphatic rings. The van der Waals surface area contributed by atoms with E-state index < -0.39 is 5.91 Å². The van der Waals surface area contributed by atoms with Crippen LogP contribution in [0.3, 0.4) is 0 Å². The summed E-state index contributed by atoms with van der Waals surface area (Å²) in [6, 6.07) is 3.54. The molecule has 0 unspecified atom stereocenters. The summed E-state index contributed by atoms with van der Waals surface area (Å²) in [5, 5.41) is 0. The molecule has 0 saturated heterocycles. The molecular formula is C9H10BrNO2. The van der Waals surface area contributed by atoms with Crippen LogP contribution in [0.25, 0.3) is 0 Å². The van der Waals surface area contributed by atoms with Gasteiger partial charge in [-0.15, -0.1) is 0 Å². The van der Waals surface area contributed by atoms with Crippen LogP contribution in [0.15, 0.2) is 16.6 Å². The minimum absolute atomic E-state index is 0.436. The van der Waals surface area contributed by atoms with Crippen molar-refractivity contribution in [2.24, 2.45) is 5.73 Å². The summed E-state index contributed by atoms with van der Waals surface area (Å²) in [7, 11) is 1.51. The van der Waals surface area contributed by atoms with Gasteiger partial charge < -0.3 is 10.5 Å². The predicted octanol–water partition coefficient (Wildman–Crippen LogP) is 1.87. The van der Waals surface area contributed by atoms with Crippen LogP contribution >= 0.6 is 15.9 Å². The van der Waals surface area contributed by atoms with Crippen molar-refractivity contribution in [2.75, 3.05) is 7.11 Å². The van der Waals surface area contributed by atoms with Gasteiger partial charge in [0.15, 0.2) is 0 Å². The van der Waals surface area contributed by atoms with Crippen molar-refractivity contribution in [3.8, 4) is 5.75 Å². The second-order valence-electron chi connectivity index (χ2n) is 2.66. The quantitative estimate of drug-likeness (QED) is 0.863. The summed E-state index contributed by atoms with van der Waals surface area (Å²) in [5.74, 6) is 0.0289. The average molecular weight is 244 g/mol. The van der Waals surface area contributed by atoms with Crippen LogP contribution in [-0.4, -0.2) is 13.0 Å². The Bertz CT molecular complexity index is 350. The number of hydrogen-bond acceptors (Lipinski definition) is 2. The van der Waals surface area contributed by atoms with Gasteiger partial charge in [0.2, 0.25) is 0 Å². The summed E-state index contributed by atoms with van der Waals surface area (Å²) in [5.41, 5.74) is 6.45.